The summed E-state index contributed by atoms with van der Waals surface area (Å²) < 4.78 is 38.7. The molecule has 2 aromatic rings. The van der Waals surface area contributed by atoms with Crippen molar-refractivity contribution in [1.82, 2.24) is 10.2 Å². The van der Waals surface area contributed by atoms with Gasteiger partial charge in [0.2, 0.25) is 0 Å². The number of nitrogens with two attached hydrogens (primary N) is 1. The number of hydrogen-bond donors (Lipinski definition) is 3. The number of nitrogen functional groups attached to an aromatic ring is 1. The second kappa shape index (κ2) is 5.34. The quantitative estimate of drug-likeness (QED) is 0.591. The van der Waals surface area contributed by atoms with Crippen LogP contribution in [0.4, 0.5) is 18.9 Å². The zero-order chi connectivity index (χ0) is 16.7. The number of aromatic nitrogens is 2. The van der Waals surface area contributed by atoms with Gasteiger partial charge in [0.1, 0.15) is 0 Å². The third kappa shape index (κ3) is 2.75. The number of aromatic amines is 1. The number of halogens is 4. The Morgan fingerprint density at radius 2 is 1.95 bits per heavy atom. The Balaban J connectivity index is 2.67. The molecule has 0 fully saturated rings. The molecule has 0 spiro atoms. The third-order valence-corrected chi connectivity index (χ3v) is 2.97. The lowest BCUT2D eigenvalue weighted by molar-refractivity contribution is -0.141. The van der Waals surface area contributed by atoms with E-state index in [1.807, 2.05) is 0 Å². The van der Waals surface area contributed by atoms with Gasteiger partial charge in [-0.15, -0.1) is 0 Å². The molecule has 0 aliphatic rings. The maximum absolute atomic E-state index is 12.9. The Bertz CT molecular complexity index is 771. The van der Waals surface area contributed by atoms with Gasteiger partial charge in [-0.1, -0.05) is 11.6 Å². The van der Waals surface area contributed by atoms with Gasteiger partial charge in [0, 0.05) is 16.3 Å². The maximum Gasteiger partial charge on any atom is 0.433 e. The average molecular weight is 334 g/mol. The smallest absolute Gasteiger partial charge is 0.433 e. The molecule has 0 saturated carbocycles. The lowest BCUT2D eigenvalue weighted by atomic mass is 9.99. The van der Waals surface area contributed by atoms with Gasteiger partial charge in [0.15, 0.2) is 17.2 Å². The SMILES string of the molecule is Nc1cc(Cl)ccc1C(=O)c1c(C(=O)O)n[nH]c1C(F)(F)F. The molecule has 116 valence electrons. The number of nitrogens with one attached hydrogen (secondary N) is 1. The van der Waals surface area contributed by atoms with Crippen molar-refractivity contribution >= 4 is 29.0 Å². The Labute approximate surface area is 125 Å². The molecule has 10 heteroatoms. The molecule has 4 N–H and O–H groups in total. The fourth-order valence-corrected chi connectivity index (χ4v) is 1.98. The van der Waals surface area contributed by atoms with Crippen LogP contribution in [0, 0.1) is 0 Å². The van der Waals surface area contributed by atoms with Gasteiger partial charge < -0.3 is 10.8 Å². The second-order valence-corrected chi connectivity index (χ2v) is 4.62. The van der Waals surface area contributed by atoms with Crippen LogP contribution in [0.15, 0.2) is 18.2 Å². The van der Waals surface area contributed by atoms with E-state index >= 15 is 0 Å². The highest BCUT2D eigenvalue weighted by Gasteiger charge is 2.41. The number of ketones is 1. The van der Waals surface area contributed by atoms with E-state index in [9.17, 15) is 22.8 Å². The zero-order valence-corrected chi connectivity index (χ0v) is 11.3. The van der Waals surface area contributed by atoms with E-state index in [2.05, 4.69) is 5.10 Å². The van der Waals surface area contributed by atoms with E-state index in [1.54, 1.807) is 0 Å². The summed E-state index contributed by atoms with van der Waals surface area (Å²) in [5.74, 6) is -2.99. The second-order valence-electron chi connectivity index (χ2n) is 4.19. The summed E-state index contributed by atoms with van der Waals surface area (Å²) >= 11 is 5.65. The number of rotatable bonds is 3. The Hall–Kier alpha value is -2.55. The van der Waals surface area contributed by atoms with E-state index in [1.165, 1.54) is 17.2 Å². The van der Waals surface area contributed by atoms with Crippen LogP contribution in [0.2, 0.25) is 5.02 Å². The number of carbonyl (C=O) groups excluding carboxylic acids is 1. The molecule has 0 saturated heterocycles. The van der Waals surface area contributed by atoms with Crippen LogP contribution in [0.25, 0.3) is 0 Å². The van der Waals surface area contributed by atoms with Crippen molar-refractivity contribution in [3.8, 4) is 0 Å². The summed E-state index contributed by atoms with van der Waals surface area (Å²) in [6, 6.07) is 3.53. The molecule has 0 amide bonds. The van der Waals surface area contributed by atoms with Gasteiger partial charge in [-0.3, -0.25) is 9.89 Å². The number of alkyl halides is 3. The van der Waals surface area contributed by atoms with Gasteiger partial charge in [-0.25, -0.2) is 4.79 Å². The minimum atomic E-state index is -4.98. The number of carbonyl (C=O) groups is 2. The van der Waals surface area contributed by atoms with Crippen molar-refractivity contribution in [2.45, 2.75) is 6.18 Å². The molecular weight excluding hydrogens is 327 g/mol. The number of anilines is 1. The van der Waals surface area contributed by atoms with E-state index < -0.39 is 34.9 Å². The summed E-state index contributed by atoms with van der Waals surface area (Å²) in [4.78, 5) is 23.3. The van der Waals surface area contributed by atoms with E-state index in [-0.39, 0.29) is 16.3 Å². The van der Waals surface area contributed by atoms with Crippen molar-refractivity contribution in [2.75, 3.05) is 5.73 Å². The van der Waals surface area contributed by atoms with Crippen molar-refractivity contribution in [1.29, 1.82) is 0 Å². The Morgan fingerprint density at radius 3 is 2.45 bits per heavy atom. The van der Waals surface area contributed by atoms with Crippen LogP contribution in [-0.2, 0) is 6.18 Å². The normalized spacial score (nSPS) is 11.5. The predicted octanol–water partition coefficient (Wildman–Crippen LogP) is 2.59. The minimum Gasteiger partial charge on any atom is -0.476 e. The summed E-state index contributed by atoms with van der Waals surface area (Å²) in [5.41, 5.74) is 1.37. The molecule has 0 unspecified atom stereocenters. The van der Waals surface area contributed by atoms with Crippen LogP contribution in [0.1, 0.15) is 32.1 Å². The van der Waals surface area contributed by atoms with E-state index in [0.717, 1.165) is 6.07 Å². The predicted molar refractivity (Wildman–Crippen MR) is 69.8 cm³/mol. The van der Waals surface area contributed by atoms with Crippen molar-refractivity contribution in [3.05, 3.63) is 45.7 Å². The van der Waals surface area contributed by atoms with Crippen LogP contribution < -0.4 is 5.73 Å². The summed E-state index contributed by atoms with van der Waals surface area (Å²) in [7, 11) is 0. The average Bonchev–Trinajstić information content (AvgIpc) is 2.82. The molecule has 1 aromatic carbocycles. The van der Waals surface area contributed by atoms with Gasteiger partial charge in [-0.05, 0) is 18.2 Å². The molecule has 0 radical (unpaired) electrons. The summed E-state index contributed by atoms with van der Waals surface area (Å²) in [5, 5.41) is 13.7. The molecule has 1 aromatic heterocycles. The maximum atomic E-state index is 12.9. The van der Waals surface area contributed by atoms with Crippen LogP contribution >= 0.6 is 11.6 Å². The molecule has 0 bridgehead atoms. The van der Waals surface area contributed by atoms with Gasteiger partial charge in [0.25, 0.3) is 0 Å². The standard InChI is InChI=1S/C12H7ClF3N3O3/c13-4-1-2-5(6(17)3-4)9(20)7-8(11(21)22)18-19-10(7)12(14,15)16/h1-3H,17H2,(H,18,19)(H,21,22). The number of carboxylic acids is 1. The highest BCUT2D eigenvalue weighted by Crippen LogP contribution is 2.33. The van der Waals surface area contributed by atoms with Gasteiger partial charge in [-0.2, -0.15) is 18.3 Å². The third-order valence-electron chi connectivity index (χ3n) is 2.74. The summed E-state index contributed by atoms with van der Waals surface area (Å²) in [6.07, 6.45) is -4.98. The van der Waals surface area contributed by atoms with Crippen molar-refractivity contribution in [3.63, 3.8) is 0 Å². The molecule has 0 atom stereocenters. The Kier molecular flexibility index (Phi) is 3.84. The lowest BCUT2D eigenvalue weighted by Gasteiger charge is -2.09. The number of H-pyrrole nitrogens is 1. The first-order chi connectivity index (χ1) is 10.1. The lowest BCUT2D eigenvalue weighted by Crippen LogP contribution is -2.16. The molecule has 1 heterocycles. The molecule has 0 aliphatic carbocycles. The minimum absolute atomic E-state index is 0.177. The number of aromatic carboxylic acids is 1. The molecule has 6 nitrogen and oxygen atoms in total. The monoisotopic (exact) mass is 333 g/mol. The topological polar surface area (TPSA) is 109 Å². The molecule has 22 heavy (non-hydrogen) atoms. The first kappa shape index (κ1) is 15.8. The van der Waals surface area contributed by atoms with E-state index in [0.29, 0.717) is 0 Å². The fourth-order valence-electron chi connectivity index (χ4n) is 1.80. The first-order valence-electron chi connectivity index (χ1n) is 5.61. The molecule has 2 rings (SSSR count). The van der Waals surface area contributed by atoms with Crippen LogP contribution in [0.5, 0.6) is 0 Å². The Morgan fingerprint density at radius 1 is 1.32 bits per heavy atom. The van der Waals surface area contributed by atoms with Gasteiger partial charge >= 0.3 is 12.1 Å². The number of benzene rings is 1. The summed E-state index contributed by atoms with van der Waals surface area (Å²) in [6.45, 7) is 0. The fraction of sp³-hybridized carbons (Fsp3) is 0.0833. The van der Waals surface area contributed by atoms with Crippen molar-refractivity contribution < 1.29 is 27.9 Å². The zero-order valence-electron chi connectivity index (χ0n) is 10.5. The number of nitrogens with zero attached hydrogens (tertiary/aromatic N) is 1. The number of hydrogen-bond acceptors (Lipinski definition) is 4. The highest BCUT2D eigenvalue weighted by atomic mass is 35.5. The van der Waals surface area contributed by atoms with Crippen molar-refractivity contribution in [2.24, 2.45) is 0 Å². The number of carboxylic acid groups (broad SMARTS) is 1. The molecular formula is C12H7ClF3N3O3. The largest absolute Gasteiger partial charge is 0.476 e. The molecule has 0 aliphatic heterocycles. The van der Waals surface area contributed by atoms with Crippen LogP contribution in [0.3, 0.4) is 0 Å². The van der Waals surface area contributed by atoms with E-state index in [4.69, 9.17) is 22.4 Å². The first-order valence-corrected chi connectivity index (χ1v) is 5.99. The van der Waals surface area contributed by atoms with Crippen LogP contribution in [-0.4, -0.2) is 27.1 Å². The van der Waals surface area contributed by atoms with Gasteiger partial charge in [0.05, 0.1) is 5.56 Å². The highest BCUT2D eigenvalue weighted by molar-refractivity contribution is 6.31.